The highest BCUT2D eigenvalue weighted by Gasteiger charge is 2.18. The molecule has 0 saturated heterocycles. The van der Waals surface area contributed by atoms with Gasteiger partial charge in [0.2, 0.25) is 6.79 Å². The van der Waals surface area contributed by atoms with Gasteiger partial charge in [-0.3, -0.25) is 9.59 Å². The molecule has 4 rings (SSSR count). The van der Waals surface area contributed by atoms with Gasteiger partial charge in [-0.25, -0.2) is 4.39 Å². The number of benzene rings is 3. The maximum Gasteiger partial charge on any atom is 0.257 e. The number of para-hydroxylation sites is 1. The van der Waals surface area contributed by atoms with Crippen molar-refractivity contribution in [1.29, 1.82) is 0 Å². The molecule has 0 fully saturated rings. The van der Waals surface area contributed by atoms with Gasteiger partial charge in [-0.15, -0.1) is 0 Å². The minimum Gasteiger partial charge on any atom is -0.454 e. The molecule has 0 bridgehead atoms. The second-order valence-electron chi connectivity index (χ2n) is 6.62. The average Bonchev–Trinajstić information content (AvgIpc) is 3.23. The number of rotatable bonds is 5. The molecular weight excluding hydrogens is 446 g/mol. The van der Waals surface area contributed by atoms with E-state index in [1.807, 2.05) is 6.07 Å². The first-order chi connectivity index (χ1) is 14.9. The lowest BCUT2D eigenvalue weighted by atomic mass is 10.1. The maximum atomic E-state index is 13.8. The standard InChI is InChI=1S/C22H15Cl2FN2O4/c23-15-9-16(24)17(25)8-14(15)22(29)27-18-4-2-1-3-13(18)21(28)26-10-12-5-6-19-20(7-12)31-11-30-19/h1-9H,10-11H2,(H,26,28)(H,27,29). The molecule has 1 aliphatic rings. The van der Waals surface area contributed by atoms with E-state index in [9.17, 15) is 14.0 Å². The van der Waals surface area contributed by atoms with Crippen molar-refractivity contribution >= 4 is 40.7 Å². The number of anilines is 1. The predicted octanol–water partition coefficient (Wildman–Crippen LogP) is 5.04. The van der Waals surface area contributed by atoms with Gasteiger partial charge < -0.3 is 20.1 Å². The summed E-state index contributed by atoms with van der Waals surface area (Å²) >= 11 is 11.7. The van der Waals surface area contributed by atoms with Crippen molar-refractivity contribution in [3.63, 3.8) is 0 Å². The van der Waals surface area contributed by atoms with Crippen LogP contribution in [0.25, 0.3) is 0 Å². The molecule has 0 radical (unpaired) electrons. The van der Waals surface area contributed by atoms with Gasteiger partial charge in [-0.2, -0.15) is 0 Å². The minimum absolute atomic E-state index is 0.00589. The Bertz CT molecular complexity index is 1190. The van der Waals surface area contributed by atoms with Crippen LogP contribution >= 0.6 is 23.2 Å². The van der Waals surface area contributed by atoms with Gasteiger partial charge in [0.1, 0.15) is 5.82 Å². The van der Waals surface area contributed by atoms with Crippen LogP contribution in [0.1, 0.15) is 26.3 Å². The number of ether oxygens (including phenoxy) is 2. The van der Waals surface area contributed by atoms with Gasteiger partial charge in [-0.1, -0.05) is 41.4 Å². The Morgan fingerprint density at radius 3 is 2.52 bits per heavy atom. The fourth-order valence-electron chi connectivity index (χ4n) is 3.00. The quantitative estimate of drug-likeness (QED) is 0.522. The van der Waals surface area contributed by atoms with Crippen molar-refractivity contribution in [2.45, 2.75) is 6.54 Å². The second kappa shape index (κ2) is 8.83. The maximum absolute atomic E-state index is 13.8. The first-order valence-corrected chi connectivity index (χ1v) is 9.89. The number of fused-ring (bicyclic) bond motifs is 1. The SMILES string of the molecule is O=C(Nc1ccccc1C(=O)NCc1ccc2c(c1)OCO2)c1cc(F)c(Cl)cc1Cl. The third-order valence-corrected chi connectivity index (χ3v) is 5.17. The topological polar surface area (TPSA) is 76.7 Å². The Morgan fingerprint density at radius 2 is 1.68 bits per heavy atom. The average molecular weight is 461 g/mol. The van der Waals surface area contributed by atoms with Crippen molar-refractivity contribution in [1.82, 2.24) is 5.32 Å². The number of hydrogen-bond acceptors (Lipinski definition) is 4. The molecule has 1 heterocycles. The molecule has 0 unspecified atom stereocenters. The molecule has 0 aromatic heterocycles. The zero-order valence-electron chi connectivity index (χ0n) is 15.9. The molecule has 3 aromatic rings. The highest BCUT2D eigenvalue weighted by molar-refractivity contribution is 6.37. The zero-order valence-corrected chi connectivity index (χ0v) is 17.4. The molecule has 0 aliphatic carbocycles. The van der Waals surface area contributed by atoms with Crippen LogP contribution in [0.5, 0.6) is 11.5 Å². The van der Waals surface area contributed by atoms with E-state index in [0.717, 1.165) is 17.7 Å². The Balaban J connectivity index is 1.48. The molecule has 158 valence electrons. The number of hydrogen-bond donors (Lipinski definition) is 2. The molecule has 2 amide bonds. The second-order valence-corrected chi connectivity index (χ2v) is 7.43. The summed E-state index contributed by atoms with van der Waals surface area (Å²) in [6, 6.07) is 13.9. The number of halogens is 3. The van der Waals surface area contributed by atoms with Crippen molar-refractivity contribution in [3.8, 4) is 11.5 Å². The summed E-state index contributed by atoms with van der Waals surface area (Å²) in [7, 11) is 0. The van der Waals surface area contributed by atoms with Crippen molar-refractivity contribution < 1.29 is 23.5 Å². The summed E-state index contributed by atoms with van der Waals surface area (Å²) in [4.78, 5) is 25.3. The van der Waals surface area contributed by atoms with Gasteiger partial charge in [0.05, 0.1) is 26.9 Å². The lowest BCUT2D eigenvalue weighted by molar-refractivity contribution is 0.0951. The first-order valence-electron chi connectivity index (χ1n) is 9.14. The highest BCUT2D eigenvalue weighted by atomic mass is 35.5. The lowest BCUT2D eigenvalue weighted by Gasteiger charge is -2.12. The van der Waals surface area contributed by atoms with Gasteiger partial charge in [-0.05, 0) is 42.0 Å². The summed E-state index contributed by atoms with van der Waals surface area (Å²) in [5.41, 5.74) is 1.21. The van der Waals surface area contributed by atoms with Crippen LogP contribution in [0, 0.1) is 5.82 Å². The minimum atomic E-state index is -0.772. The van der Waals surface area contributed by atoms with Crippen LogP contribution in [0.2, 0.25) is 10.0 Å². The largest absolute Gasteiger partial charge is 0.454 e. The molecule has 0 atom stereocenters. The molecule has 31 heavy (non-hydrogen) atoms. The molecular formula is C22H15Cl2FN2O4. The highest BCUT2D eigenvalue weighted by Crippen LogP contribution is 2.32. The van der Waals surface area contributed by atoms with E-state index in [4.69, 9.17) is 32.7 Å². The molecule has 0 saturated carbocycles. The molecule has 1 aliphatic heterocycles. The van der Waals surface area contributed by atoms with Gasteiger partial charge >= 0.3 is 0 Å². The lowest BCUT2D eigenvalue weighted by Crippen LogP contribution is -2.25. The van der Waals surface area contributed by atoms with E-state index in [2.05, 4.69) is 10.6 Å². The number of carbonyl (C=O) groups excluding carboxylic acids is 2. The summed E-state index contributed by atoms with van der Waals surface area (Å²) < 4.78 is 24.4. The Kier molecular flexibility index (Phi) is 5.97. The van der Waals surface area contributed by atoms with E-state index in [1.54, 1.807) is 36.4 Å². The molecule has 9 heteroatoms. The van der Waals surface area contributed by atoms with Crippen molar-refractivity contribution in [3.05, 3.63) is 87.2 Å². The molecule has 3 aromatic carbocycles. The molecule has 2 N–H and O–H groups in total. The number of nitrogens with one attached hydrogen (secondary N) is 2. The van der Waals surface area contributed by atoms with Crippen LogP contribution in [0.15, 0.2) is 54.6 Å². The van der Waals surface area contributed by atoms with Gasteiger partial charge in [0, 0.05) is 6.54 Å². The predicted molar refractivity (Wildman–Crippen MR) is 115 cm³/mol. The molecule has 0 spiro atoms. The molecule has 6 nitrogen and oxygen atoms in total. The Morgan fingerprint density at radius 1 is 0.903 bits per heavy atom. The van der Waals surface area contributed by atoms with Gasteiger partial charge in [0.25, 0.3) is 11.8 Å². The Labute approximate surface area is 186 Å². The fourth-order valence-corrected chi connectivity index (χ4v) is 3.47. The van der Waals surface area contributed by atoms with E-state index in [0.29, 0.717) is 11.5 Å². The van der Waals surface area contributed by atoms with Crippen LogP contribution in [-0.2, 0) is 6.54 Å². The monoisotopic (exact) mass is 460 g/mol. The number of amides is 2. The van der Waals surface area contributed by atoms with Crippen LogP contribution in [0.4, 0.5) is 10.1 Å². The third kappa shape index (κ3) is 4.57. The van der Waals surface area contributed by atoms with Gasteiger partial charge in [0.15, 0.2) is 11.5 Å². The normalized spacial score (nSPS) is 11.8. The summed E-state index contributed by atoms with van der Waals surface area (Å²) in [6.45, 7) is 0.408. The van der Waals surface area contributed by atoms with Crippen LogP contribution in [0.3, 0.4) is 0 Å². The summed E-state index contributed by atoms with van der Waals surface area (Å²) in [5.74, 6) is -0.573. The summed E-state index contributed by atoms with van der Waals surface area (Å²) in [6.07, 6.45) is 0. The first kappa shape index (κ1) is 21.0. The van der Waals surface area contributed by atoms with Crippen LogP contribution in [-0.4, -0.2) is 18.6 Å². The van der Waals surface area contributed by atoms with E-state index < -0.39 is 17.6 Å². The Hall–Kier alpha value is -3.29. The number of carbonyl (C=O) groups is 2. The smallest absolute Gasteiger partial charge is 0.257 e. The zero-order chi connectivity index (χ0) is 22.0. The van der Waals surface area contributed by atoms with E-state index in [-0.39, 0.29) is 40.2 Å². The van der Waals surface area contributed by atoms with Crippen molar-refractivity contribution in [2.75, 3.05) is 12.1 Å². The third-order valence-electron chi connectivity index (χ3n) is 4.56. The van der Waals surface area contributed by atoms with E-state index in [1.165, 1.54) is 0 Å². The van der Waals surface area contributed by atoms with Crippen LogP contribution < -0.4 is 20.1 Å². The van der Waals surface area contributed by atoms with E-state index >= 15 is 0 Å². The fraction of sp³-hybridized carbons (Fsp3) is 0.0909. The summed E-state index contributed by atoms with van der Waals surface area (Å²) in [5, 5.41) is 5.20. The van der Waals surface area contributed by atoms with Crippen molar-refractivity contribution in [2.24, 2.45) is 0 Å².